The molecule has 0 spiro atoms. The molecule has 112 valence electrons. The van der Waals surface area contributed by atoms with E-state index in [1.165, 1.54) is 0 Å². The van der Waals surface area contributed by atoms with Gasteiger partial charge in [-0.15, -0.1) is 11.6 Å². The van der Waals surface area contributed by atoms with Gasteiger partial charge in [0.2, 0.25) is 5.91 Å². The van der Waals surface area contributed by atoms with Crippen LogP contribution in [0.15, 0.2) is 0 Å². The van der Waals surface area contributed by atoms with Gasteiger partial charge in [-0.2, -0.15) is 0 Å². The fourth-order valence-corrected chi connectivity index (χ4v) is 4.09. The monoisotopic (exact) mass is 309 g/mol. The minimum atomic E-state index is -2.98. The summed E-state index contributed by atoms with van der Waals surface area (Å²) in [5.41, 5.74) is -0.637. The molecule has 0 bridgehead atoms. The molecule has 1 aliphatic heterocycles. The maximum atomic E-state index is 12.5. The molecule has 1 rings (SSSR count). The highest BCUT2D eigenvalue weighted by atomic mass is 35.5. The molecule has 1 aliphatic rings. The van der Waals surface area contributed by atoms with Gasteiger partial charge in [0.25, 0.3) is 0 Å². The van der Waals surface area contributed by atoms with Crippen molar-refractivity contribution in [3.63, 3.8) is 0 Å². The summed E-state index contributed by atoms with van der Waals surface area (Å²) in [4.78, 5) is 14.3. The molecule has 0 aromatic carbocycles. The van der Waals surface area contributed by atoms with Gasteiger partial charge in [0, 0.05) is 18.5 Å². The lowest BCUT2D eigenvalue weighted by molar-refractivity contribution is -0.141. The van der Waals surface area contributed by atoms with Crippen molar-refractivity contribution in [2.24, 2.45) is 5.41 Å². The van der Waals surface area contributed by atoms with Crippen LogP contribution >= 0.6 is 11.6 Å². The van der Waals surface area contributed by atoms with Crippen LogP contribution in [-0.4, -0.2) is 49.2 Å². The second kappa shape index (κ2) is 6.44. The second-order valence-electron chi connectivity index (χ2n) is 5.93. The molecule has 1 amide bonds. The molecular formula is C13H24ClNO3S. The summed E-state index contributed by atoms with van der Waals surface area (Å²) in [6.07, 6.45) is 2.42. The molecule has 0 aromatic rings. The van der Waals surface area contributed by atoms with Crippen LogP contribution in [0.1, 0.15) is 40.0 Å². The van der Waals surface area contributed by atoms with Crippen molar-refractivity contribution in [2.75, 3.05) is 23.9 Å². The molecule has 1 heterocycles. The minimum Gasteiger partial charge on any atom is -0.338 e. The molecule has 6 heteroatoms. The number of hydrogen-bond donors (Lipinski definition) is 0. The number of nitrogens with zero attached hydrogens (tertiary/aromatic N) is 1. The zero-order valence-corrected chi connectivity index (χ0v) is 13.6. The fourth-order valence-electron chi connectivity index (χ4n) is 2.25. The Morgan fingerprint density at radius 3 is 2.47 bits per heavy atom. The van der Waals surface area contributed by atoms with E-state index >= 15 is 0 Å². The van der Waals surface area contributed by atoms with Crippen LogP contribution in [0.3, 0.4) is 0 Å². The summed E-state index contributed by atoms with van der Waals surface area (Å²) in [7, 11) is -2.98. The predicted octanol–water partition coefficient (Wildman–Crippen LogP) is 2.07. The molecule has 1 fully saturated rings. The highest BCUT2D eigenvalue weighted by molar-refractivity contribution is 7.91. The Hall–Kier alpha value is -0.290. The fraction of sp³-hybridized carbons (Fsp3) is 0.923. The molecule has 0 radical (unpaired) electrons. The Bertz CT molecular complexity index is 420. The number of amides is 1. The van der Waals surface area contributed by atoms with E-state index in [9.17, 15) is 13.2 Å². The van der Waals surface area contributed by atoms with E-state index in [1.807, 2.05) is 13.8 Å². The standard InChI is InChI=1S/C13H24ClNO3S/c1-4-5-7-15(12(16)13(2,3)10-14)11-6-8-19(17,18)9-11/h11H,4-10H2,1-3H3. The summed E-state index contributed by atoms with van der Waals surface area (Å²) < 4.78 is 23.2. The van der Waals surface area contributed by atoms with Gasteiger partial charge in [-0.3, -0.25) is 4.79 Å². The number of carbonyl (C=O) groups is 1. The van der Waals surface area contributed by atoms with Gasteiger partial charge >= 0.3 is 0 Å². The molecule has 1 saturated heterocycles. The van der Waals surface area contributed by atoms with Gasteiger partial charge in [-0.1, -0.05) is 13.3 Å². The average molecular weight is 310 g/mol. The number of alkyl halides is 1. The topological polar surface area (TPSA) is 54.5 Å². The number of halogens is 1. The molecule has 1 atom stereocenters. The molecule has 4 nitrogen and oxygen atoms in total. The third-order valence-corrected chi connectivity index (χ3v) is 5.99. The Kier molecular flexibility index (Phi) is 5.68. The third kappa shape index (κ3) is 4.35. The average Bonchev–Trinajstić information content (AvgIpc) is 2.70. The number of sulfone groups is 1. The Morgan fingerprint density at radius 1 is 1.42 bits per heavy atom. The van der Waals surface area contributed by atoms with Crippen LogP contribution in [0.2, 0.25) is 0 Å². The predicted molar refractivity (Wildman–Crippen MR) is 78.2 cm³/mol. The first-order valence-corrected chi connectivity index (χ1v) is 9.16. The molecule has 0 aliphatic carbocycles. The molecule has 0 N–H and O–H groups in total. The van der Waals surface area contributed by atoms with Crippen molar-refractivity contribution in [1.82, 2.24) is 4.90 Å². The molecule has 0 aromatic heterocycles. The Balaban J connectivity index is 2.86. The van der Waals surface area contributed by atoms with Crippen molar-refractivity contribution in [3.8, 4) is 0 Å². The second-order valence-corrected chi connectivity index (χ2v) is 8.42. The summed E-state index contributed by atoms with van der Waals surface area (Å²) in [6.45, 7) is 6.30. The van der Waals surface area contributed by atoms with E-state index in [0.29, 0.717) is 13.0 Å². The van der Waals surface area contributed by atoms with Crippen LogP contribution in [0.25, 0.3) is 0 Å². The summed E-state index contributed by atoms with van der Waals surface area (Å²) in [5.74, 6) is 0.502. The zero-order chi connectivity index (χ0) is 14.7. The van der Waals surface area contributed by atoms with Gasteiger partial charge in [-0.05, 0) is 26.7 Å². The normalized spacial score (nSPS) is 22.4. The van der Waals surface area contributed by atoms with E-state index < -0.39 is 15.3 Å². The van der Waals surface area contributed by atoms with Crippen LogP contribution in [0.5, 0.6) is 0 Å². The highest BCUT2D eigenvalue weighted by Gasteiger charge is 2.39. The van der Waals surface area contributed by atoms with Gasteiger partial charge < -0.3 is 4.90 Å². The van der Waals surface area contributed by atoms with Gasteiger partial charge in [-0.25, -0.2) is 8.42 Å². The lowest BCUT2D eigenvalue weighted by atomic mass is 9.93. The van der Waals surface area contributed by atoms with E-state index in [4.69, 9.17) is 11.6 Å². The molecule has 0 saturated carbocycles. The molecule has 1 unspecified atom stereocenters. The van der Waals surface area contributed by atoms with Gasteiger partial charge in [0.1, 0.15) is 0 Å². The minimum absolute atomic E-state index is 0.0296. The van der Waals surface area contributed by atoms with Crippen LogP contribution in [0, 0.1) is 5.41 Å². The Morgan fingerprint density at radius 2 is 2.05 bits per heavy atom. The highest BCUT2D eigenvalue weighted by Crippen LogP contribution is 2.26. The first kappa shape index (κ1) is 16.8. The maximum Gasteiger partial charge on any atom is 0.229 e. The SMILES string of the molecule is CCCCN(C(=O)C(C)(C)CCl)C1CCS(=O)(=O)C1. The van der Waals surface area contributed by atoms with E-state index in [0.717, 1.165) is 12.8 Å². The first-order chi connectivity index (χ1) is 8.73. The third-order valence-electron chi connectivity index (χ3n) is 3.58. The van der Waals surface area contributed by atoms with Crippen LogP contribution < -0.4 is 0 Å². The van der Waals surface area contributed by atoms with Crippen LogP contribution in [-0.2, 0) is 14.6 Å². The summed E-state index contributed by atoms with van der Waals surface area (Å²) in [6, 6.07) is -0.174. The molecule has 19 heavy (non-hydrogen) atoms. The van der Waals surface area contributed by atoms with E-state index in [2.05, 4.69) is 6.92 Å². The number of hydrogen-bond acceptors (Lipinski definition) is 3. The van der Waals surface area contributed by atoms with Crippen molar-refractivity contribution >= 4 is 27.3 Å². The number of rotatable bonds is 6. The van der Waals surface area contributed by atoms with Crippen LogP contribution in [0.4, 0.5) is 0 Å². The quantitative estimate of drug-likeness (QED) is 0.706. The molecular weight excluding hydrogens is 286 g/mol. The lowest BCUT2D eigenvalue weighted by Gasteiger charge is -2.34. The number of carbonyl (C=O) groups excluding carboxylic acids is 1. The Labute approximate surface area is 121 Å². The lowest BCUT2D eigenvalue weighted by Crippen LogP contribution is -2.48. The first-order valence-electron chi connectivity index (χ1n) is 6.81. The van der Waals surface area contributed by atoms with E-state index in [1.54, 1.807) is 4.90 Å². The van der Waals surface area contributed by atoms with Crippen molar-refractivity contribution in [1.29, 1.82) is 0 Å². The van der Waals surface area contributed by atoms with Crippen molar-refractivity contribution < 1.29 is 13.2 Å². The summed E-state index contributed by atoms with van der Waals surface area (Å²) >= 11 is 5.86. The van der Waals surface area contributed by atoms with Crippen molar-refractivity contribution in [2.45, 2.75) is 46.1 Å². The van der Waals surface area contributed by atoms with Gasteiger partial charge in [0.15, 0.2) is 9.84 Å². The number of unbranched alkanes of at least 4 members (excludes halogenated alkanes) is 1. The zero-order valence-electron chi connectivity index (χ0n) is 12.0. The van der Waals surface area contributed by atoms with Gasteiger partial charge in [0.05, 0.1) is 16.9 Å². The maximum absolute atomic E-state index is 12.5. The largest absolute Gasteiger partial charge is 0.338 e. The smallest absolute Gasteiger partial charge is 0.229 e. The van der Waals surface area contributed by atoms with Crippen molar-refractivity contribution in [3.05, 3.63) is 0 Å². The van der Waals surface area contributed by atoms with E-state index in [-0.39, 0.29) is 29.3 Å². The summed E-state index contributed by atoms with van der Waals surface area (Å²) in [5, 5.41) is 0.